The highest BCUT2D eigenvalue weighted by molar-refractivity contribution is 7.99. The Balaban J connectivity index is 1.56. The molecular weight excluding hydrogens is 435 g/mol. The molecule has 0 aliphatic carbocycles. The molecule has 2 heterocycles. The maximum absolute atomic E-state index is 12.9. The minimum absolute atomic E-state index is 0.0765. The molecule has 6 atom stereocenters. The summed E-state index contributed by atoms with van der Waals surface area (Å²) in [5, 5.41) is 12.8. The van der Waals surface area contributed by atoms with Crippen molar-refractivity contribution in [3.63, 3.8) is 0 Å². The predicted molar refractivity (Wildman–Crippen MR) is 105 cm³/mol. The number of nitrogens with one attached hydrogen (secondary N) is 1. The molecule has 0 aromatic heterocycles. The summed E-state index contributed by atoms with van der Waals surface area (Å²) >= 11 is 1.11. The van der Waals surface area contributed by atoms with Gasteiger partial charge in [-0.25, -0.2) is 0 Å². The lowest BCUT2D eigenvalue weighted by atomic mass is 9.96. The molecule has 31 heavy (non-hydrogen) atoms. The molecule has 2 aromatic carbocycles. The molecule has 0 saturated carbocycles. The molecule has 2 saturated heterocycles. The standard InChI is InChI=1S/C21H20F3NO5S/c22-21(23,24)20(27)25-15-16(26)17-14(29-19(15)31-13-9-5-2-6-10-13)11-28-18(30-17)12-7-3-1-4-8-12/h1-10,14-19,26H,11H2,(H,25,27)/t14-,15-,16-,17-,18-,19+/m1/s1. The van der Waals surface area contributed by atoms with E-state index < -0.39 is 48.2 Å². The first kappa shape index (κ1) is 22.1. The molecule has 2 N–H and O–H groups in total. The van der Waals surface area contributed by atoms with Crippen molar-refractivity contribution in [2.45, 2.75) is 47.2 Å². The normalized spacial score (nSPS) is 31.0. The van der Waals surface area contributed by atoms with Crippen LogP contribution in [0.4, 0.5) is 13.2 Å². The third-order valence-corrected chi connectivity index (χ3v) is 6.17. The van der Waals surface area contributed by atoms with Gasteiger partial charge in [-0.3, -0.25) is 4.79 Å². The summed E-state index contributed by atoms with van der Waals surface area (Å²) in [7, 11) is 0. The first-order valence-electron chi connectivity index (χ1n) is 9.58. The SMILES string of the molecule is O=C(N[C@@H]1[C@@H](O)[C@@H]2O[C@H](c3ccccc3)OC[C@H]2O[C@H]1Sc1ccccc1)C(F)(F)F. The van der Waals surface area contributed by atoms with E-state index in [1.165, 1.54) is 0 Å². The van der Waals surface area contributed by atoms with Crippen LogP contribution in [0, 0.1) is 0 Å². The largest absolute Gasteiger partial charge is 0.471 e. The lowest BCUT2D eigenvalue weighted by Crippen LogP contribution is -2.66. The Kier molecular flexibility index (Phi) is 6.54. The quantitative estimate of drug-likeness (QED) is 0.738. The van der Waals surface area contributed by atoms with E-state index in [0.29, 0.717) is 10.5 Å². The highest BCUT2D eigenvalue weighted by Crippen LogP contribution is 2.39. The van der Waals surface area contributed by atoms with Gasteiger partial charge in [0.25, 0.3) is 0 Å². The van der Waals surface area contributed by atoms with Crippen molar-refractivity contribution in [1.82, 2.24) is 5.32 Å². The van der Waals surface area contributed by atoms with Gasteiger partial charge in [-0.15, -0.1) is 0 Å². The molecule has 0 unspecified atom stereocenters. The Morgan fingerprint density at radius 3 is 2.32 bits per heavy atom. The maximum atomic E-state index is 12.9. The van der Waals surface area contributed by atoms with Crippen LogP contribution in [0.5, 0.6) is 0 Å². The van der Waals surface area contributed by atoms with Crippen LogP contribution in [-0.4, -0.2) is 53.6 Å². The Labute approximate surface area is 180 Å². The molecule has 2 aliphatic heterocycles. The molecule has 10 heteroatoms. The molecular formula is C21H20F3NO5S. The first-order chi connectivity index (χ1) is 14.8. The number of ether oxygens (including phenoxy) is 3. The molecule has 0 bridgehead atoms. The minimum Gasteiger partial charge on any atom is -0.388 e. The number of carbonyl (C=O) groups is 1. The summed E-state index contributed by atoms with van der Waals surface area (Å²) in [5.41, 5.74) is -0.282. The number of halogens is 3. The van der Waals surface area contributed by atoms with Crippen molar-refractivity contribution in [2.24, 2.45) is 0 Å². The smallest absolute Gasteiger partial charge is 0.388 e. The number of carbonyl (C=O) groups excluding carboxylic acids is 1. The maximum Gasteiger partial charge on any atom is 0.471 e. The second-order valence-electron chi connectivity index (χ2n) is 7.14. The number of fused-ring (bicyclic) bond motifs is 1. The minimum atomic E-state index is -5.10. The van der Waals surface area contributed by atoms with E-state index >= 15 is 0 Å². The van der Waals surface area contributed by atoms with Crippen molar-refractivity contribution < 1.29 is 37.3 Å². The van der Waals surface area contributed by atoms with Crippen molar-refractivity contribution in [3.05, 3.63) is 66.2 Å². The van der Waals surface area contributed by atoms with Crippen LogP contribution in [-0.2, 0) is 19.0 Å². The van der Waals surface area contributed by atoms with Gasteiger partial charge in [-0.05, 0) is 12.1 Å². The van der Waals surface area contributed by atoms with Gasteiger partial charge >= 0.3 is 12.1 Å². The van der Waals surface area contributed by atoms with Crippen molar-refractivity contribution >= 4 is 17.7 Å². The number of aliphatic hydroxyl groups excluding tert-OH is 1. The van der Waals surface area contributed by atoms with Crippen molar-refractivity contribution in [1.29, 1.82) is 0 Å². The highest BCUT2D eigenvalue weighted by atomic mass is 32.2. The van der Waals surface area contributed by atoms with Gasteiger partial charge in [-0.1, -0.05) is 60.3 Å². The van der Waals surface area contributed by atoms with Gasteiger partial charge in [0, 0.05) is 10.5 Å². The highest BCUT2D eigenvalue weighted by Gasteiger charge is 2.52. The average molecular weight is 455 g/mol. The van der Waals surface area contributed by atoms with E-state index in [1.807, 2.05) is 11.4 Å². The zero-order valence-corrected chi connectivity index (χ0v) is 16.9. The number of amides is 1. The third-order valence-electron chi connectivity index (χ3n) is 4.99. The topological polar surface area (TPSA) is 77.0 Å². The predicted octanol–water partition coefficient (Wildman–Crippen LogP) is 3.03. The van der Waals surface area contributed by atoms with Crippen molar-refractivity contribution in [2.75, 3.05) is 6.61 Å². The lowest BCUT2D eigenvalue weighted by molar-refractivity contribution is -0.307. The molecule has 0 spiro atoms. The molecule has 4 rings (SSSR count). The van der Waals surface area contributed by atoms with Crippen LogP contribution in [0.1, 0.15) is 11.9 Å². The molecule has 2 fully saturated rings. The second kappa shape index (κ2) is 9.17. The number of hydrogen-bond donors (Lipinski definition) is 2. The molecule has 2 aliphatic rings. The van der Waals surface area contributed by atoms with Crippen LogP contribution < -0.4 is 5.32 Å². The first-order valence-corrected chi connectivity index (χ1v) is 10.5. The summed E-state index contributed by atoms with van der Waals surface area (Å²) in [6.07, 6.45) is -9.04. The van der Waals surface area contributed by atoms with Crippen LogP contribution >= 0.6 is 11.8 Å². The fraction of sp³-hybridized carbons (Fsp3) is 0.381. The van der Waals surface area contributed by atoms with E-state index in [4.69, 9.17) is 14.2 Å². The molecule has 6 nitrogen and oxygen atoms in total. The third kappa shape index (κ3) is 5.04. The number of benzene rings is 2. The second-order valence-corrected chi connectivity index (χ2v) is 8.31. The van der Waals surface area contributed by atoms with E-state index in [1.54, 1.807) is 54.6 Å². The Morgan fingerprint density at radius 2 is 1.68 bits per heavy atom. The van der Waals surface area contributed by atoms with Gasteiger partial charge in [0.1, 0.15) is 23.7 Å². The Hall–Kier alpha value is -2.11. The average Bonchev–Trinajstić information content (AvgIpc) is 2.77. The van der Waals surface area contributed by atoms with Crippen LogP contribution in [0.2, 0.25) is 0 Å². The molecule has 1 amide bonds. The number of aliphatic hydroxyl groups is 1. The Bertz CT molecular complexity index is 886. The number of thioether (sulfide) groups is 1. The lowest BCUT2D eigenvalue weighted by Gasteiger charge is -2.48. The monoisotopic (exact) mass is 455 g/mol. The molecule has 166 valence electrons. The fourth-order valence-corrected chi connectivity index (χ4v) is 4.65. The summed E-state index contributed by atoms with van der Waals surface area (Å²) in [4.78, 5) is 12.4. The van der Waals surface area contributed by atoms with E-state index in [9.17, 15) is 23.1 Å². The number of hydrogen-bond acceptors (Lipinski definition) is 6. The van der Waals surface area contributed by atoms with E-state index in [-0.39, 0.29) is 6.61 Å². The van der Waals surface area contributed by atoms with Gasteiger partial charge in [-0.2, -0.15) is 13.2 Å². The molecule has 2 aromatic rings. The van der Waals surface area contributed by atoms with Gasteiger partial charge in [0.05, 0.1) is 12.6 Å². The fourth-order valence-electron chi connectivity index (χ4n) is 3.49. The zero-order valence-electron chi connectivity index (χ0n) is 16.1. The van der Waals surface area contributed by atoms with Crippen LogP contribution in [0.3, 0.4) is 0 Å². The van der Waals surface area contributed by atoms with E-state index in [0.717, 1.165) is 11.8 Å². The Morgan fingerprint density at radius 1 is 1.03 bits per heavy atom. The zero-order chi connectivity index (χ0) is 22.0. The number of alkyl halides is 3. The van der Waals surface area contributed by atoms with E-state index in [2.05, 4.69) is 0 Å². The van der Waals surface area contributed by atoms with Crippen LogP contribution in [0.25, 0.3) is 0 Å². The van der Waals surface area contributed by atoms with Gasteiger partial charge in [0.2, 0.25) is 0 Å². The van der Waals surface area contributed by atoms with Gasteiger partial charge < -0.3 is 24.6 Å². The summed E-state index contributed by atoms with van der Waals surface area (Å²) < 4.78 is 56.2. The summed E-state index contributed by atoms with van der Waals surface area (Å²) in [6.45, 7) is 0.0765. The molecule has 0 radical (unpaired) electrons. The number of rotatable bonds is 4. The summed E-state index contributed by atoms with van der Waals surface area (Å²) in [6, 6.07) is 16.5. The van der Waals surface area contributed by atoms with Crippen molar-refractivity contribution in [3.8, 4) is 0 Å². The van der Waals surface area contributed by atoms with Crippen LogP contribution in [0.15, 0.2) is 65.6 Å². The van der Waals surface area contributed by atoms with Gasteiger partial charge in [0.15, 0.2) is 6.29 Å². The summed E-state index contributed by atoms with van der Waals surface area (Å²) in [5.74, 6) is -2.15.